The lowest BCUT2D eigenvalue weighted by Crippen LogP contribution is -2.02. The molecule has 0 fully saturated rings. The zero-order valence-corrected chi connectivity index (χ0v) is 29.3. The van der Waals surface area contributed by atoms with Gasteiger partial charge in [0, 0.05) is 33.2 Å². The molecule has 0 spiro atoms. The van der Waals surface area contributed by atoms with Gasteiger partial charge in [-0.25, -0.2) is 15.0 Å². The van der Waals surface area contributed by atoms with E-state index in [1.807, 2.05) is 78.9 Å². The standard InChI is InChI=1S/C48H33N5/c1-31-11-9-17-35(25-31)37-20-23-44-42(27-37)43-28-38(36-18-10-12-32(2)26-36)21-24-45(43)53(44)40-22-19-39(30-49)41(29-40)48-51-46(33-13-5-3-6-14-33)50-47(52-48)34-15-7-4-8-16-34/h3-29H,1-2H3. The molecule has 0 amide bonds. The molecule has 0 saturated heterocycles. The van der Waals surface area contributed by atoms with Gasteiger partial charge in [-0.3, -0.25) is 0 Å². The van der Waals surface area contributed by atoms with Gasteiger partial charge in [-0.1, -0.05) is 132 Å². The fourth-order valence-electron chi connectivity index (χ4n) is 7.19. The number of hydrogen-bond donors (Lipinski definition) is 0. The summed E-state index contributed by atoms with van der Waals surface area (Å²) in [5, 5.41) is 12.7. The van der Waals surface area contributed by atoms with Gasteiger partial charge in [-0.2, -0.15) is 5.26 Å². The minimum Gasteiger partial charge on any atom is -0.309 e. The first-order valence-electron chi connectivity index (χ1n) is 17.7. The molecule has 0 bridgehead atoms. The molecule has 9 rings (SSSR count). The summed E-state index contributed by atoms with van der Waals surface area (Å²) in [7, 11) is 0. The van der Waals surface area contributed by atoms with E-state index in [9.17, 15) is 5.26 Å². The van der Waals surface area contributed by atoms with Crippen LogP contribution in [0.15, 0.2) is 164 Å². The van der Waals surface area contributed by atoms with Gasteiger partial charge in [0.15, 0.2) is 17.5 Å². The van der Waals surface area contributed by atoms with Crippen LogP contribution in [0.5, 0.6) is 0 Å². The Morgan fingerprint density at radius 1 is 0.434 bits per heavy atom. The van der Waals surface area contributed by atoms with Crippen molar-refractivity contribution in [1.82, 2.24) is 19.5 Å². The molecule has 5 heteroatoms. The number of fused-ring (bicyclic) bond motifs is 3. The molecule has 2 heterocycles. The predicted molar refractivity (Wildman–Crippen MR) is 216 cm³/mol. The molecule has 0 unspecified atom stereocenters. The predicted octanol–water partition coefficient (Wildman–Crippen LogP) is 11.8. The Morgan fingerprint density at radius 3 is 1.40 bits per heavy atom. The number of benzene rings is 7. The quantitative estimate of drug-likeness (QED) is 0.175. The average molecular weight is 680 g/mol. The van der Waals surface area contributed by atoms with Crippen LogP contribution < -0.4 is 0 Å². The van der Waals surface area contributed by atoms with Gasteiger partial charge >= 0.3 is 0 Å². The summed E-state index contributed by atoms with van der Waals surface area (Å²) in [6.07, 6.45) is 0. The minimum atomic E-state index is 0.445. The lowest BCUT2D eigenvalue weighted by molar-refractivity contribution is 1.07. The first-order chi connectivity index (χ1) is 26.0. The van der Waals surface area contributed by atoms with Crippen LogP contribution in [0.25, 0.3) is 83.9 Å². The van der Waals surface area contributed by atoms with Crippen LogP contribution in [0.2, 0.25) is 0 Å². The molecule has 0 aliphatic heterocycles. The topological polar surface area (TPSA) is 67.4 Å². The monoisotopic (exact) mass is 679 g/mol. The summed E-state index contributed by atoms with van der Waals surface area (Å²) in [6.45, 7) is 4.26. The Morgan fingerprint density at radius 2 is 0.906 bits per heavy atom. The number of nitrogens with zero attached hydrogens (tertiary/aromatic N) is 5. The van der Waals surface area contributed by atoms with Crippen molar-refractivity contribution >= 4 is 21.8 Å². The Balaban J connectivity index is 1.28. The summed E-state index contributed by atoms with van der Waals surface area (Å²) in [6, 6.07) is 58.8. The van der Waals surface area contributed by atoms with E-state index in [1.54, 1.807) is 0 Å². The molecule has 5 nitrogen and oxygen atoms in total. The number of nitriles is 1. The van der Waals surface area contributed by atoms with E-state index in [-0.39, 0.29) is 0 Å². The summed E-state index contributed by atoms with van der Waals surface area (Å²) in [4.78, 5) is 14.8. The van der Waals surface area contributed by atoms with Crippen molar-refractivity contribution in [2.45, 2.75) is 13.8 Å². The van der Waals surface area contributed by atoms with Crippen molar-refractivity contribution in [3.05, 3.63) is 180 Å². The van der Waals surface area contributed by atoms with E-state index in [1.165, 1.54) is 22.3 Å². The number of aryl methyl sites for hydroxylation is 2. The highest BCUT2D eigenvalue weighted by Crippen LogP contribution is 2.38. The second-order valence-corrected chi connectivity index (χ2v) is 13.4. The number of aromatic nitrogens is 4. The molecule has 9 aromatic rings. The molecule has 0 saturated carbocycles. The fraction of sp³-hybridized carbons (Fsp3) is 0.0417. The highest BCUT2D eigenvalue weighted by molar-refractivity contribution is 6.11. The van der Waals surface area contributed by atoms with Crippen molar-refractivity contribution in [3.8, 4) is 68.2 Å². The lowest BCUT2D eigenvalue weighted by Gasteiger charge is -2.13. The Labute approximate surface area is 308 Å². The van der Waals surface area contributed by atoms with E-state index < -0.39 is 0 Å². The van der Waals surface area contributed by atoms with Crippen LogP contribution in [0, 0.1) is 25.2 Å². The van der Waals surface area contributed by atoms with Crippen molar-refractivity contribution in [2.24, 2.45) is 0 Å². The normalized spacial score (nSPS) is 11.2. The summed E-state index contributed by atoms with van der Waals surface area (Å²) in [5.74, 6) is 1.54. The summed E-state index contributed by atoms with van der Waals surface area (Å²) < 4.78 is 2.28. The Kier molecular flexibility index (Phi) is 7.91. The molecule has 0 N–H and O–H groups in total. The van der Waals surface area contributed by atoms with Crippen LogP contribution in [-0.4, -0.2) is 19.5 Å². The number of rotatable bonds is 6. The highest BCUT2D eigenvalue weighted by Gasteiger charge is 2.19. The maximum atomic E-state index is 10.4. The van der Waals surface area contributed by atoms with E-state index >= 15 is 0 Å². The van der Waals surface area contributed by atoms with E-state index in [4.69, 9.17) is 15.0 Å². The third-order valence-electron chi connectivity index (χ3n) is 9.79. The van der Waals surface area contributed by atoms with Crippen LogP contribution in [0.3, 0.4) is 0 Å². The Hall–Kier alpha value is -7.16. The van der Waals surface area contributed by atoms with Crippen molar-refractivity contribution in [3.63, 3.8) is 0 Å². The zero-order valence-electron chi connectivity index (χ0n) is 29.3. The van der Waals surface area contributed by atoms with Crippen molar-refractivity contribution in [2.75, 3.05) is 0 Å². The SMILES string of the molecule is Cc1cccc(-c2ccc3c(c2)c2cc(-c4cccc(C)c4)ccc2n3-c2ccc(C#N)c(-c3nc(-c4ccccc4)nc(-c4ccccc4)n3)c2)c1. The van der Waals surface area contributed by atoms with Gasteiger partial charge in [-0.15, -0.1) is 0 Å². The van der Waals surface area contributed by atoms with Gasteiger partial charge in [0.1, 0.15) is 0 Å². The number of hydrogen-bond acceptors (Lipinski definition) is 4. The smallest absolute Gasteiger partial charge is 0.165 e. The molecule has 0 aliphatic carbocycles. The molecule has 2 aromatic heterocycles. The van der Waals surface area contributed by atoms with Crippen LogP contribution in [-0.2, 0) is 0 Å². The van der Waals surface area contributed by atoms with Gasteiger partial charge in [-0.05, 0) is 78.6 Å². The summed E-state index contributed by atoms with van der Waals surface area (Å²) in [5.41, 5.74) is 13.1. The van der Waals surface area contributed by atoms with Crippen LogP contribution in [0.1, 0.15) is 16.7 Å². The van der Waals surface area contributed by atoms with E-state index in [0.717, 1.165) is 49.7 Å². The zero-order chi connectivity index (χ0) is 35.9. The van der Waals surface area contributed by atoms with E-state index in [0.29, 0.717) is 28.6 Å². The van der Waals surface area contributed by atoms with Gasteiger partial charge in [0.05, 0.1) is 22.7 Å². The molecular weight excluding hydrogens is 647 g/mol. The average Bonchev–Trinajstić information content (AvgIpc) is 3.54. The Bertz CT molecular complexity index is 2700. The van der Waals surface area contributed by atoms with Crippen LogP contribution in [0.4, 0.5) is 0 Å². The van der Waals surface area contributed by atoms with Gasteiger partial charge in [0.2, 0.25) is 0 Å². The lowest BCUT2D eigenvalue weighted by atomic mass is 9.99. The molecule has 53 heavy (non-hydrogen) atoms. The largest absolute Gasteiger partial charge is 0.309 e. The van der Waals surface area contributed by atoms with Crippen molar-refractivity contribution < 1.29 is 0 Å². The van der Waals surface area contributed by atoms with Crippen LogP contribution >= 0.6 is 0 Å². The minimum absolute atomic E-state index is 0.445. The van der Waals surface area contributed by atoms with Gasteiger partial charge < -0.3 is 4.57 Å². The highest BCUT2D eigenvalue weighted by atomic mass is 15.0. The molecule has 0 radical (unpaired) electrons. The second kappa shape index (κ2) is 13.2. The molecule has 0 aliphatic rings. The fourth-order valence-corrected chi connectivity index (χ4v) is 7.19. The first-order valence-corrected chi connectivity index (χ1v) is 17.7. The second-order valence-electron chi connectivity index (χ2n) is 13.4. The summed E-state index contributed by atoms with van der Waals surface area (Å²) >= 11 is 0. The third-order valence-corrected chi connectivity index (χ3v) is 9.79. The van der Waals surface area contributed by atoms with Crippen molar-refractivity contribution in [1.29, 1.82) is 5.26 Å². The molecule has 250 valence electrons. The van der Waals surface area contributed by atoms with Gasteiger partial charge in [0.25, 0.3) is 0 Å². The first kappa shape index (κ1) is 31.8. The molecule has 7 aromatic carbocycles. The maximum absolute atomic E-state index is 10.4. The molecule has 0 atom stereocenters. The molecular formula is C48H33N5. The maximum Gasteiger partial charge on any atom is 0.165 e. The van der Waals surface area contributed by atoms with E-state index in [2.05, 4.69) is 109 Å². The third kappa shape index (κ3) is 5.93.